The van der Waals surface area contributed by atoms with E-state index in [4.69, 9.17) is 14.2 Å². The van der Waals surface area contributed by atoms with Gasteiger partial charge in [-0.25, -0.2) is 13.6 Å². The van der Waals surface area contributed by atoms with Crippen LogP contribution in [0.15, 0.2) is 6.07 Å². The first-order valence-electron chi connectivity index (χ1n) is 12.2. The normalized spacial score (nSPS) is 16.3. The molecule has 2 atom stereocenters. The van der Waals surface area contributed by atoms with E-state index in [2.05, 4.69) is 5.32 Å². The van der Waals surface area contributed by atoms with Crippen LogP contribution >= 0.6 is 0 Å². The Hall–Kier alpha value is -3.38. The highest BCUT2D eigenvalue weighted by molar-refractivity contribution is 5.93. The van der Waals surface area contributed by atoms with Crippen LogP contribution in [0.4, 0.5) is 22.4 Å². The number of likely N-dealkylation sites (tertiary alicyclic amines) is 1. The minimum atomic E-state index is -1.84. The largest absolute Gasteiger partial charge is 0.479 e. The Balaban J connectivity index is 2.14. The molecule has 1 fully saturated rings. The summed E-state index contributed by atoms with van der Waals surface area (Å²) in [6.07, 6.45) is -0.730. The van der Waals surface area contributed by atoms with Gasteiger partial charge in [-0.2, -0.15) is 8.78 Å². The van der Waals surface area contributed by atoms with Crippen molar-refractivity contribution in [2.45, 2.75) is 59.1 Å². The number of ether oxygens (including phenoxy) is 3. The zero-order valence-corrected chi connectivity index (χ0v) is 21.7. The predicted molar refractivity (Wildman–Crippen MR) is 125 cm³/mol. The standard InChI is InChI=1S/C25H32F4N2O7/c1-13(2)11-36-20(33)9-18(19(32)12-37-23-21(28)16(26)8-17(27)22(23)29)30-24(34)15-6-5-7-31(10-15)25(35)38-14(3)4/h8,13-15,18H,5-7,9-12H2,1-4H3,(H,30,34)/t15-,18+/m1/s1. The number of esters is 1. The Kier molecular flexibility index (Phi) is 11.3. The lowest BCUT2D eigenvalue weighted by Gasteiger charge is -2.32. The summed E-state index contributed by atoms with van der Waals surface area (Å²) < 4.78 is 69.7. The minimum Gasteiger partial charge on any atom is -0.479 e. The van der Waals surface area contributed by atoms with Gasteiger partial charge in [0.2, 0.25) is 17.5 Å². The molecule has 1 saturated heterocycles. The van der Waals surface area contributed by atoms with Crippen LogP contribution in [0.2, 0.25) is 0 Å². The lowest BCUT2D eigenvalue weighted by Crippen LogP contribution is -2.51. The van der Waals surface area contributed by atoms with Crippen molar-refractivity contribution in [3.63, 3.8) is 0 Å². The Morgan fingerprint density at radius 1 is 1.05 bits per heavy atom. The first kappa shape index (κ1) is 30.8. The Bertz CT molecular complexity index is 1010. The SMILES string of the molecule is CC(C)COC(=O)C[C@H](NC(=O)[C@@H]1CCCN(C(=O)OC(C)C)C1)C(=O)COc1c(F)c(F)cc(F)c1F. The van der Waals surface area contributed by atoms with Gasteiger partial charge in [0.25, 0.3) is 0 Å². The number of halogens is 4. The molecule has 0 saturated carbocycles. The van der Waals surface area contributed by atoms with E-state index in [-0.39, 0.29) is 31.2 Å². The maximum absolute atomic E-state index is 13.9. The summed E-state index contributed by atoms with van der Waals surface area (Å²) >= 11 is 0. The zero-order chi connectivity index (χ0) is 28.6. The van der Waals surface area contributed by atoms with Crippen LogP contribution in [0.5, 0.6) is 5.75 Å². The van der Waals surface area contributed by atoms with Gasteiger partial charge in [0.05, 0.1) is 25.0 Å². The van der Waals surface area contributed by atoms with Crippen molar-refractivity contribution >= 4 is 23.8 Å². The van der Waals surface area contributed by atoms with Gasteiger partial charge in [0.1, 0.15) is 12.6 Å². The number of hydrogen-bond donors (Lipinski definition) is 1. The number of Topliss-reactive ketones (excluding diaryl/α,β-unsaturated/α-hetero) is 1. The number of hydrogen-bond acceptors (Lipinski definition) is 7. The molecule has 1 N–H and O–H groups in total. The average molecular weight is 549 g/mol. The van der Waals surface area contributed by atoms with Gasteiger partial charge in [-0.3, -0.25) is 14.4 Å². The molecule has 1 heterocycles. The van der Waals surface area contributed by atoms with E-state index < -0.39 is 77.8 Å². The molecule has 1 aromatic rings. The number of rotatable bonds is 11. The molecular formula is C25H32F4N2O7. The number of ketones is 1. The summed E-state index contributed by atoms with van der Waals surface area (Å²) in [4.78, 5) is 51.7. The lowest BCUT2D eigenvalue weighted by molar-refractivity contribution is -0.147. The molecule has 0 spiro atoms. The number of nitrogens with one attached hydrogen (secondary N) is 1. The molecule has 0 aliphatic carbocycles. The van der Waals surface area contributed by atoms with E-state index in [0.717, 1.165) is 0 Å². The molecule has 1 aliphatic heterocycles. The molecule has 0 aromatic heterocycles. The highest BCUT2D eigenvalue weighted by atomic mass is 19.2. The fraction of sp³-hybridized carbons (Fsp3) is 0.600. The topological polar surface area (TPSA) is 111 Å². The van der Waals surface area contributed by atoms with E-state index >= 15 is 0 Å². The summed E-state index contributed by atoms with van der Waals surface area (Å²) in [5.41, 5.74) is 0. The molecule has 0 radical (unpaired) electrons. The van der Waals surface area contributed by atoms with Crippen LogP contribution in [0, 0.1) is 35.1 Å². The molecular weight excluding hydrogens is 516 g/mol. The number of benzene rings is 1. The van der Waals surface area contributed by atoms with Crippen molar-refractivity contribution in [3.8, 4) is 5.75 Å². The molecule has 1 aliphatic rings. The minimum absolute atomic E-state index is 0.00554. The Morgan fingerprint density at radius 2 is 1.68 bits per heavy atom. The molecule has 13 heteroatoms. The van der Waals surface area contributed by atoms with E-state index in [1.165, 1.54) is 4.90 Å². The highest BCUT2D eigenvalue weighted by Crippen LogP contribution is 2.26. The maximum Gasteiger partial charge on any atom is 0.410 e. The van der Waals surface area contributed by atoms with E-state index in [1.54, 1.807) is 27.7 Å². The summed E-state index contributed by atoms with van der Waals surface area (Å²) in [5.74, 6) is -11.8. The van der Waals surface area contributed by atoms with Gasteiger partial charge >= 0.3 is 12.1 Å². The number of piperidine rings is 1. The van der Waals surface area contributed by atoms with E-state index in [1.807, 2.05) is 0 Å². The first-order chi connectivity index (χ1) is 17.8. The van der Waals surface area contributed by atoms with E-state index in [0.29, 0.717) is 19.4 Å². The summed E-state index contributed by atoms with van der Waals surface area (Å²) in [6, 6.07) is -1.55. The Labute approximate surface area is 217 Å². The van der Waals surface area contributed by atoms with Gasteiger partial charge in [-0.15, -0.1) is 0 Å². The van der Waals surface area contributed by atoms with Crippen LogP contribution in [0.1, 0.15) is 47.0 Å². The third-order valence-corrected chi connectivity index (χ3v) is 5.47. The molecule has 1 aromatic carbocycles. The second kappa shape index (κ2) is 14.0. The van der Waals surface area contributed by atoms with Gasteiger partial charge in [-0.05, 0) is 32.6 Å². The maximum atomic E-state index is 13.9. The molecule has 2 amide bonds. The second-order valence-corrected chi connectivity index (χ2v) is 9.61. The second-order valence-electron chi connectivity index (χ2n) is 9.61. The number of carbonyl (C=O) groups excluding carboxylic acids is 4. The molecule has 38 heavy (non-hydrogen) atoms. The van der Waals surface area contributed by atoms with Crippen LogP contribution in [-0.4, -0.2) is 67.1 Å². The summed E-state index contributed by atoms with van der Waals surface area (Å²) in [6.45, 7) is 6.23. The number of nitrogens with zero attached hydrogens (tertiary/aromatic N) is 1. The molecule has 0 bridgehead atoms. The molecule has 0 unspecified atom stereocenters. The van der Waals surface area contributed by atoms with Crippen molar-refractivity contribution in [1.82, 2.24) is 10.2 Å². The van der Waals surface area contributed by atoms with Crippen LogP contribution in [-0.2, 0) is 23.9 Å². The zero-order valence-electron chi connectivity index (χ0n) is 21.7. The van der Waals surface area contributed by atoms with Crippen LogP contribution in [0.25, 0.3) is 0 Å². The molecule has 9 nitrogen and oxygen atoms in total. The number of carbonyl (C=O) groups is 4. The van der Waals surface area contributed by atoms with Crippen molar-refractivity contribution < 1.29 is 51.0 Å². The van der Waals surface area contributed by atoms with Crippen LogP contribution in [0.3, 0.4) is 0 Å². The summed E-state index contributed by atoms with van der Waals surface area (Å²) in [5, 5.41) is 2.41. The van der Waals surface area contributed by atoms with Crippen molar-refractivity contribution in [1.29, 1.82) is 0 Å². The summed E-state index contributed by atoms with van der Waals surface area (Å²) in [7, 11) is 0. The Morgan fingerprint density at radius 3 is 2.26 bits per heavy atom. The molecule has 2 rings (SSSR count). The van der Waals surface area contributed by atoms with Gasteiger partial charge in [0.15, 0.2) is 23.2 Å². The van der Waals surface area contributed by atoms with Gasteiger partial charge in [-0.1, -0.05) is 13.8 Å². The number of amides is 2. The quantitative estimate of drug-likeness (QED) is 0.256. The predicted octanol–water partition coefficient (Wildman–Crippen LogP) is 3.52. The van der Waals surface area contributed by atoms with E-state index in [9.17, 15) is 36.7 Å². The monoisotopic (exact) mass is 548 g/mol. The third kappa shape index (κ3) is 8.88. The smallest absolute Gasteiger partial charge is 0.410 e. The molecule has 212 valence electrons. The van der Waals surface area contributed by atoms with Gasteiger partial charge in [0, 0.05) is 19.2 Å². The highest BCUT2D eigenvalue weighted by Gasteiger charge is 2.33. The van der Waals surface area contributed by atoms with Crippen molar-refractivity contribution in [3.05, 3.63) is 29.3 Å². The van der Waals surface area contributed by atoms with Crippen LogP contribution < -0.4 is 10.1 Å². The van der Waals surface area contributed by atoms with Crippen molar-refractivity contribution in [2.75, 3.05) is 26.3 Å². The third-order valence-electron chi connectivity index (χ3n) is 5.47. The van der Waals surface area contributed by atoms with Crippen molar-refractivity contribution in [2.24, 2.45) is 11.8 Å². The fourth-order valence-electron chi connectivity index (χ4n) is 3.58. The lowest BCUT2D eigenvalue weighted by atomic mass is 9.96. The first-order valence-corrected chi connectivity index (χ1v) is 12.2. The van der Waals surface area contributed by atoms with Gasteiger partial charge < -0.3 is 24.4 Å². The fourth-order valence-corrected chi connectivity index (χ4v) is 3.58. The average Bonchev–Trinajstić information content (AvgIpc) is 2.85.